The molecular weight excluding hydrogens is 176 g/mol. The van der Waals surface area contributed by atoms with Crippen molar-refractivity contribution in [1.29, 1.82) is 0 Å². The van der Waals surface area contributed by atoms with Crippen LogP contribution in [0.2, 0.25) is 0 Å². The number of aromatic nitrogens is 1. The van der Waals surface area contributed by atoms with Crippen LogP contribution in [0.4, 0.5) is 11.5 Å². The Kier molecular flexibility index (Phi) is 4.19. The maximum absolute atomic E-state index is 5.53. The highest BCUT2D eigenvalue weighted by atomic mass is 15.1. The van der Waals surface area contributed by atoms with E-state index in [0.717, 1.165) is 25.3 Å². The Morgan fingerprint density at radius 1 is 1.50 bits per heavy atom. The molecule has 0 unspecified atom stereocenters. The van der Waals surface area contributed by atoms with Crippen molar-refractivity contribution < 1.29 is 0 Å². The van der Waals surface area contributed by atoms with Crippen molar-refractivity contribution in [2.45, 2.75) is 6.92 Å². The fraction of sp³-hybridized carbons (Fsp3) is 0.500. The van der Waals surface area contributed by atoms with Crippen LogP contribution in [-0.2, 0) is 0 Å². The first-order valence-electron chi connectivity index (χ1n) is 4.89. The largest absolute Gasteiger partial charge is 0.384 e. The minimum absolute atomic E-state index is 0.568. The van der Waals surface area contributed by atoms with E-state index in [1.54, 1.807) is 0 Å². The summed E-state index contributed by atoms with van der Waals surface area (Å²) in [6, 6.07) is 3.83. The summed E-state index contributed by atoms with van der Waals surface area (Å²) in [7, 11) is 1.95. The molecule has 4 heteroatoms. The normalized spacial score (nSPS) is 10.1. The Hall–Kier alpha value is -1.29. The van der Waals surface area contributed by atoms with Gasteiger partial charge in [0.25, 0.3) is 0 Å². The number of likely N-dealkylation sites (N-methyl/N-ethyl adjacent to an activating group) is 2. The minimum Gasteiger partial charge on any atom is -0.384 e. The second-order valence-corrected chi connectivity index (χ2v) is 3.12. The molecule has 0 saturated heterocycles. The topological polar surface area (TPSA) is 54.2 Å². The molecule has 1 rings (SSSR count). The van der Waals surface area contributed by atoms with Gasteiger partial charge in [-0.05, 0) is 26.1 Å². The molecule has 1 heterocycles. The fourth-order valence-corrected chi connectivity index (χ4v) is 1.30. The summed E-state index contributed by atoms with van der Waals surface area (Å²) in [6.45, 7) is 5.07. The van der Waals surface area contributed by atoms with E-state index in [1.807, 2.05) is 25.4 Å². The summed E-state index contributed by atoms with van der Waals surface area (Å²) in [4.78, 5) is 6.32. The van der Waals surface area contributed by atoms with Crippen LogP contribution in [0.1, 0.15) is 6.92 Å². The van der Waals surface area contributed by atoms with Gasteiger partial charge in [0.2, 0.25) is 0 Å². The lowest BCUT2D eigenvalue weighted by Crippen LogP contribution is -2.30. The summed E-state index contributed by atoms with van der Waals surface area (Å²) >= 11 is 0. The second kappa shape index (κ2) is 5.44. The van der Waals surface area contributed by atoms with E-state index < -0.39 is 0 Å². The van der Waals surface area contributed by atoms with Crippen molar-refractivity contribution >= 4 is 11.5 Å². The number of rotatable bonds is 5. The molecule has 1 aromatic rings. The van der Waals surface area contributed by atoms with Gasteiger partial charge in [0.05, 0.1) is 11.9 Å². The van der Waals surface area contributed by atoms with Crippen molar-refractivity contribution in [2.24, 2.45) is 0 Å². The Balaban J connectivity index is 2.64. The van der Waals surface area contributed by atoms with E-state index in [-0.39, 0.29) is 0 Å². The van der Waals surface area contributed by atoms with Crippen LogP contribution in [0.15, 0.2) is 18.3 Å². The Morgan fingerprint density at radius 3 is 2.79 bits per heavy atom. The van der Waals surface area contributed by atoms with Gasteiger partial charge in [-0.1, -0.05) is 0 Å². The molecule has 0 bridgehead atoms. The first kappa shape index (κ1) is 10.8. The van der Waals surface area contributed by atoms with Gasteiger partial charge in [-0.25, -0.2) is 4.98 Å². The van der Waals surface area contributed by atoms with Crippen LogP contribution in [0.25, 0.3) is 0 Å². The van der Waals surface area contributed by atoms with Gasteiger partial charge < -0.3 is 16.0 Å². The fourth-order valence-electron chi connectivity index (χ4n) is 1.30. The Bertz CT molecular complexity index is 257. The maximum atomic E-state index is 5.53. The van der Waals surface area contributed by atoms with Crippen LogP contribution in [0.5, 0.6) is 0 Å². The van der Waals surface area contributed by atoms with Crippen molar-refractivity contribution in [3.8, 4) is 0 Å². The van der Waals surface area contributed by atoms with Gasteiger partial charge in [-0.3, -0.25) is 0 Å². The predicted molar refractivity (Wildman–Crippen MR) is 60.5 cm³/mol. The summed E-state index contributed by atoms with van der Waals surface area (Å²) in [5, 5.41) is 3.13. The molecule has 0 aliphatic carbocycles. The van der Waals surface area contributed by atoms with Gasteiger partial charge in [-0.15, -0.1) is 0 Å². The third kappa shape index (κ3) is 2.88. The van der Waals surface area contributed by atoms with Crippen LogP contribution >= 0.6 is 0 Å². The molecule has 0 spiro atoms. The molecule has 0 aromatic carbocycles. The number of nitrogens with two attached hydrogens (primary N) is 1. The number of anilines is 2. The van der Waals surface area contributed by atoms with Gasteiger partial charge in [0, 0.05) is 19.6 Å². The molecule has 0 aliphatic rings. The monoisotopic (exact) mass is 194 g/mol. The highest BCUT2D eigenvalue weighted by Crippen LogP contribution is 2.12. The van der Waals surface area contributed by atoms with E-state index in [4.69, 9.17) is 5.73 Å². The van der Waals surface area contributed by atoms with Gasteiger partial charge >= 0.3 is 0 Å². The van der Waals surface area contributed by atoms with Crippen molar-refractivity contribution in [3.05, 3.63) is 18.3 Å². The van der Waals surface area contributed by atoms with Crippen LogP contribution in [-0.4, -0.2) is 31.7 Å². The first-order valence-corrected chi connectivity index (χ1v) is 4.89. The van der Waals surface area contributed by atoms with E-state index in [2.05, 4.69) is 22.1 Å². The SMILES string of the molecule is CCN(CCNC)c1ccc(N)nc1. The molecule has 0 saturated carbocycles. The first-order chi connectivity index (χ1) is 6.77. The predicted octanol–water partition coefficient (Wildman–Crippen LogP) is 0.709. The van der Waals surface area contributed by atoms with Gasteiger partial charge in [-0.2, -0.15) is 0 Å². The van der Waals surface area contributed by atoms with Crippen molar-refractivity contribution in [1.82, 2.24) is 10.3 Å². The number of hydrogen-bond donors (Lipinski definition) is 2. The molecule has 1 aromatic heterocycles. The van der Waals surface area contributed by atoms with Crippen LogP contribution in [0.3, 0.4) is 0 Å². The van der Waals surface area contributed by atoms with Crippen molar-refractivity contribution in [2.75, 3.05) is 37.3 Å². The minimum atomic E-state index is 0.568. The van der Waals surface area contributed by atoms with E-state index in [1.165, 1.54) is 0 Å². The van der Waals surface area contributed by atoms with Gasteiger partial charge in [0.1, 0.15) is 5.82 Å². The third-order valence-electron chi connectivity index (χ3n) is 2.15. The van der Waals surface area contributed by atoms with Crippen LogP contribution in [0, 0.1) is 0 Å². The summed E-state index contributed by atoms with van der Waals surface area (Å²) < 4.78 is 0. The van der Waals surface area contributed by atoms with E-state index in [0.29, 0.717) is 5.82 Å². The smallest absolute Gasteiger partial charge is 0.123 e. The molecule has 0 atom stereocenters. The molecule has 78 valence electrons. The highest BCUT2D eigenvalue weighted by molar-refractivity contribution is 5.47. The van der Waals surface area contributed by atoms with Crippen LogP contribution < -0.4 is 16.0 Å². The van der Waals surface area contributed by atoms with E-state index in [9.17, 15) is 0 Å². The number of hydrogen-bond acceptors (Lipinski definition) is 4. The lowest BCUT2D eigenvalue weighted by molar-refractivity contribution is 0.736. The summed E-state index contributed by atoms with van der Waals surface area (Å²) in [6.07, 6.45) is 1.81. The second-order valence-electron chi connectivity index (χ2n) is 3.12. The summed E-state index contributed by atoms with van der Waals surface area (Å²) in [5.41, 5.74) is 6.65. The number of nitrogen functional groups attached to an aromatic ring is 1. The number of nitrogens with one attached hydrogen (secondary N) is 1. The zero-order chi connectivity index (χ0) is 10.4. The average Bonchev–Trinajstić information content (AvgIpc) is 2.21. The average molecular weight is 194 g/mol. The molecule has 0 radical (unpaired) electrons. The number of pyridine rings is 1. The Morgan fingerprint density at radius 2 is 2.29 bits per heavy atom. The molecular formula is C10H18N4. The quantitative estimate of drug-likeness (QED) is 0.725. The zero-order valence-corrected chi connectivity index (χ0v) is 8.83. The maximum Gasteiger partial charge on any atom is 0.123 e. The molecule has 3 N–H and O–H groups in total. The molecule has 0 amide bonds. The van der Waals surface area contributed by atoms with Gasteiger partial charge in [0.15, 0.2) is 0 Å². The Labute approximate surface area is 85.1 Å². The third-order valence-corrected chi connectivity index (χ3v) is 2.15. The zero-order valence-electron chi connectivity index (χ0n) is 8.83. The molecule has 14 heavy (non-hydrogen) atoms. The molecule has 0 aliphatic heterocycles. The van der Waals surface area contributed by atoms with E-state index >= 15 is 0 Å². The molecule has 0 fully saturated rings. The lowest BCUT2D eigenvalue weighted by Gasteiger charge is -2.22. The molecule has 4 nitrogen and oxygen atoms in total. The lowest BCUT2D eigenvalue weighted by atomic mass is 10.3. The number of nitrogens with zero attached hydrogens (tertiary/aromatic N) is 2. The standard InChI is InChI=1S/C10H18N4/c1-3-14(7-6-12-2)9-4-5-10(11)13-8-9/h4-5,8,12H,3,6-7H2,1-2H3,(H2,11,13). The summed E-state index contributed by atoms with van der Waals surface area (Å²) in [5.74, 6) is 0.568. The van der Waals surface area contributed by atoms with Crippen molar-refractivity contribution in [3.63, 3.8) is 0 Å². The highest BCUT2D eigenvalue weighted by Gasteiger charge is 2.02.